The molecule has 0 unspecified atom stereocenters. The summed E-state index contributed by atoms with van der Waals surface area (Å²) in [5.74, 6) is 0.190. The van der Waals surface area contributed by atoms with Crippen LogP contribution in [0.1, 0.15) is 12.8 Å². The largest absolute Gasteiger partial charge is 0.508 e. The smallest absolute Gasteiger partial charge is 0.164 e. The van der Waals surface area contributed by atoms with Crippen LogP contribution in [0.4, 0.5) is 0 Å². The fraction of sp³-hybridized carbons (Fsp3) is 0.333. The average Bonchev–Trinajstić information content (AvgIpc) is 2.23. The maximum atomic E-state index is 9.79. The maximum absolute atomic E-state index is 9.79. The summed E-state index contributed by atoms with van der Waals surface area (Å²) < 4.78 is 5.41. The minimum atomic E-state index is -1.10. The van der Waals surface area contributed by atoms with Crippen LogP contribution in [0.3, 0.4) is 0 Å². The average molecular weight is 266 g/mol. The Morgan fingerprint density at radius 3 is 1.53 bits per heavy atom. The highest BCUT2D eigenvalue weighted by atomic mass is 16.5. The monoisotopic (exact) mass is 266 g/mol. The molecule has 2 rings (SSSR count). The Bertz CT molecular complexity index is 469. The van der Waals surface area contributed by atoms with Crippen molar-refractivity contribution in [2.75, 3.05) is 0 Å². The van der Waals surface area contributed by atoms with Crippen molar-refractivity contribution in [3.8, 4) is 0 Å². The Labute approximate surface area is 110 Å². The minimum Gasteiger partial charge on any atom is -0.508 e. The van der Waals surface area contributed by atoms with E-state index in [4.69, 9.17) is 27.7 Å². The Morgan fingerprint density at radius 2 is 1.21 bits per heavy atom. The number of nitrogens with two attached hydrogens (primary N) is 4. The SMILES string of the molecule is NC1(N)C=CC(OC2=C(O)CC(N)(N)C=C2)=C(O)C1. The molecule has 2 aliphatic carbocycles. The predicted molar refractivity (Wildman–Crippen MR) is 70.1 cm³/mol. The lowest BCUT2D eigenvalue weighted by Gasteiger charge is -2.27. The Kier molecular flexibility index (Phi) is 3.15. The topological polar surface area (TPSA) is 154 Å². The Morgan fingerprint density at radius 1 is 0.842 bits per heavy atom. The summed E-state index contributed by atoms with van der Waals surface area (Å²) in [7, 11) is 0. The molecule has 0 aromatic rings. The van der Waals surface area contributed by atoms with Crippen LogP contribution in [0.2, 0.25) is 0 Å². The summed E-state index contributed by atoms with van der Waals surface area (Å²) in [4.78, 5) is 0. The predicted octanol–water partition coefficient (Wildman–Crippen LogP) is -0.311. The lowest BCUT2D eigenvalue weighted by molar-refractivity contribution is 0.231. The molecule has 7 heteroatoms. The van der Waals surface area contributed by atoms with Crippen molar-refractivity contribution >= 4 is 0 Å². The van der Waals surface area contributed by atoms with E-state index in [1.165, 1.54) is 24.3 Å². The number of rotatable bonds is 2. The van der Waals surface area contributed by atoms with Crippen LogP contribution in [0, 0.1) is 0 Å². The summed E-state index contributed by atoms with van der Waals surface area (Å²) in [5, 5.41) is 19.6. The number of hydrogen-bond donors (Lipinski definition) is 6. The van der Waals surface area contributed by atoms with Crippen molar-refractivity contribution in [1.82, 2.24) is 0 Å². The molecular formula is C12H18N4O3. The van der Waals surface area contributed by atoms with E-state index in [1.54, 1.807) is 0 Å². The van der Waals surface area contributed by atoms with Gasteiger partial charge in [-0.25, -0.2) is 0 Å². The molecule has 0 fully saturated rings. The molecule has 0 aliphatic heterocycles. The van der Waals surface area contributed by atoms with Crippen molar-refractivity contribution in [2.24, 2.45) is 22.9 Å². The van der Waals surface area contributed by atoms with Crippen molar-refractivity contribution in [3.63, 3.8) is 0 Å². The van der Waals surface area contributed by atoms with Crippen LogP contribution in [-0.4, -0.2) is 21.5 Å². The van der Waals surface area contributed by atoms with E-state index in [9.17, 15) is 10.2 Å². The highest BCUT2D eigenvalue weighted by molar-refractivity contribution is 5.33. The quantitative estimate of drug-likeness (QED) is 0.374. The van der Waals surface area contributed by atoms with Gasteiger partial charge in [-0.1, -0.05) is 0 Å². The first-order valence-electron chi connectivity index (χ1n) is 5.75. The van der Waals surface area contributed by atoms with E-state index >= 15 is 0 Å². The molecule has 0 spiro atoms. The van der Waals surface area contributed by atoms with E-state index in [-0.39, 0.29) is 35.9 Å². The third-order valence-corrected chi connectivity index (χ3v) is 2.83. The molecule has 0 amide bonds. The molecule has 104 valence electrons. The first-order chi connectivity index (χ1) is 8.69. The van der Waals surface area contributed by atoms with Crippen LogP contribution in [-0.2, 0) is 4.74 Å². The number of aliphatic hydroxyl groups excluding tert-OH is 2. The number of aliphatic hydroxyl groups is 2. The molecule has 0 heterocycles. The van der Waals surface area contributed by atoms with Gasteiger partial charge in [-0.15, -0.1) is 0 Å². The third-order valence-electron chi connectivity index (χ3n) is 2.83. The second-order valence-electron chi connectivity index (χ2n) is 4.97. The van der Waals surface area contributed by atoms with E-state index in [1.807, 2.05) is 0 Å². The molecule has 10 N–H and O–H groups in total. The number of hydrogen-bond acceptors (Lipinski definition) is 7. The molecule has 2 aliphatic rings. The van der Waals surface area contributed by atoms with Crippen molar-refractivity contribution in [3.05, 3.63) is 47.3 Å². The van der Waals surface area contributed by atoms with Gasteiger partial charge in [0.2, 0.25) is 0 Å². The molecule has 0 saturated carbocycles. The lowest BCUT2D eigenvalue weighted by atomic mass is 9.99. The normalized spacial score (nSPS) is 24.8. The van der Waals surface area contributed by atoms with Gasteiger partial charge in [0, 0.05) is 12.8 Å². The van der Waals surface area contributed by atoms with E-state index in [0.29, 0.717) is 0 Å². The molecule has 19 heavy (non-hydrogen) atoms. The zero-order chi connectivity index (χ0) is 14.3. The van der Waals surface area contributed by atoms with Crippen LogP contribution in [0.25, 0.3) is 0 Å². The summed E-state index contributed by atoms with van der Waals surface area (Å²) >= 11 is 0. The molecule has 0 saturated heterocycles. The fourth-order valence-corrected chi connectivity index (χ4v) is 1.83. The summed E-state index contributed by atoms with van der Waals surface area (Å²) in [6, 6.07) is 0. The van der Waals surface area contributed by atoms with E-state index < -0.39 is 11.3 Å². The first-order valence-corrected chi connectivity index (χ1v) is 5.75. The second kappa shape index (κ2) is 4.39. The van der Waals surface area contributed by atoms with Gasteiger partial charge in [0.1, 0.15) is 11.5 Å². The van der Waals surface area contributed by atoms with Gasteiger partial charge in [0.05, 0.1) is 11.3 Å². The minimum absolute atomic E-state index is 0.0499. The third kappa shape index (κ3) is 3.15. The molecule has 0 bridgehead atoms. The lowest BCUT2D eigenvalue weighted by Crippen LogP contribution is -2.49. The van der Waals surface area contributed by atoms with E-state index in [2.05, 4.69) is 0 Å². The molecule has 0 radical (unpaired) electrons. The Balaban J connectivity index is 2.16. The number of ether oxygens (including phenoxy) is 1. The zero-order valence-corrected chi connectivity index (χ0v) is 10.3. The number of allylic oxidation sites excluding steroid dienone is 2. The van der Waals surface area contributed by atoms with Crippen LogP contribution >= 0.6 is 0 Å². The summed E-state index contributed by atoms with van der Waals surface area (Å²) in [6.45, 7) is 0. The summed E-state index contributed by atoms with van der Waals surface area (Å²) in [5.41, 5.74) is 20.4. The van der Waals surface area contributed by atoms with Crippen LogP contribution in [0.5, 0.6) is 0 Å². The van der Waals surface area contributed by atoms with Crippen LogP contribution in [0.15, 0.2) is 47.3 Å². The maximum Gasteiger partial charge on any atom is 0.164 e. The zero-order valence-electron chi connectivity index (χ0n) is 10.3. The second-order valence-corrected chi connectivity index (χ2v) is 4.97. The molecule has 0 aromatic carbocycles. The van der Waals surface area contributed by atoms with Crippen molar-refractivity contribution < 1.29 is 14.9 Å². The molecule has 0 atom stereocenters. The first kappa shape index (κ1) is 13.6. The van der Waals surface area contributed by atoms with Crippen molar-refractivity contribution in [1.29, 1.82) is 0 Å². The molecule has 0 aromatic heterocycles. The van der Waals surface area contributed by atoms with Crippen LogP contribution < -0.4 is 22.9 Å². The van der Waals surface area contributed by atoms with Gasteiger partial charge in [-0.2, -0.15) is 0 Å². The van der Waals surface area contributed by atoms with Gasteiger partial charge in [-0.05, 0) is 24.3 Å². The van der Waals surface area contributed by atoms with Gasteiger partial charge >= 0.3 is 0 Å². The standard InChI is InChI=1S/C12H18N4O3/c13-11(14)3-1-9(7(17)5-11)19-10-2-4-12(15,16)6-8(10)18/h1-4,17-18H,5-6,13-16H2. The summed E-state index contributed by atoms with van der Waals surface area (Å²) in [6.07, 6.45) is 6.05. The van der Waals surface area contributed by atoms with Gasteiger partial charge < -0.3 is 37.9 Å². The Hall–Kier alpha value is -1.80. The van der Waals surface area contributed by atoms with Gasteiger partial charge in [-0.3, -0.25) is 0 Å². The molecular weight excluding hydrogens is 248 g/mol. The molecule has 7 nitrogen and oxygen atoms in total. The van der Waals surface area contributed by atoms with Crippen molar-refractivity contribution in [2.45, 2.75) is 24.2 Å². The fourth-order valence-electron chi connectivity index (χ4n) is 1.83. The van der Waals surface area contributed by atoms with Gasteiger partial charge in [0.25, 0.3) is 0 Å². The van der Waals surface area contributed by atoms with E-state index in [0.717, 1.165) is 0 Å². The van der Waals surface area contributed by atoms with Gasteiger partial charge in [0.15, 0.2) is 11.5 Å². The highest BCUT2D eigenvalue weighted by Gasteiger charge is 2.28. The highest BCUT2D eigenvalue weighted by Crippen LogP contribution is 2.27.